The van der Waals surface area contributed by atoms with Crippen LogP contribution in [0.15, 0.2) is 11.8 Å². The van der Waals surface area contributed by atoms with Gasteiger partial charge in [0.15, 0.2) is 0 Å². The van der Waals surface area contributed by atoms with Gasteiger partial charge in [-0.05, 0) is 37.7 Å². The predicted molar refractivity (Wildman–Crippen MR) is 75.3 cm³/mol. The van der Waals surface area contributed by atoms with Crippen molar-refractivity contribution in [2.75, 3.05) is 23.9 Å². The molecule has 0 spiro atoms. The van der Waals surface area contributed by atoms with Crippen LogP contribution in [0.2, 0.25) is 0 Å². The van der Waals surface area contributed by atoms with Crippen LogP contribution in [-0.4, -0.2) is 29.1 Å². The summed E-state index contributed by atoms with van der Waals surface area (Å²) in [5, 5.41) is 0.837. The highest BCUT2D eigenvalue weighted by molar-refractivity contribution is 8.06. The summed E-state index contributed by atoms with van der Waals surface area (Å²) < 4.78 is 5.69. The molecule has 0 N–H and O–H groups in total. The van der Waals surface area contributed by atoms with Gasteiger partial charge in [-0.3, -0.25) is 0 Å². The smallest absolute Gasteiger partial charge is 0.0884 e. The Bertz CT molecular complexity index is 214. The fourth-order valence-corrected chi connectivity index (χ4v) is 4.93. The standard InChI is InChI=1S/C13H22OS2/c1-2-4-12(5-3-1)10-14-7-6-13-11-15-8-9-16-13/h10,13H,1-9,11H2. The number of rotatable bonds is 4. The van der Waals surface area contributed by atoms with Crippen molar-refractivity contribution in [3.05, 3.63) is 11.8 Å². The molecular formula is C13H22OS2. The van der Waals surface area contributed by atoms with Crippen molar-refractivity contribution in [1.29, 1.82) is 0 Å². The minimum absolute atomic E-state index is 0.837. The first-order valence-corrected chi connectivity index (χ1v) is 8.64. The second-order valence-electron chi connectivity index (χ2n) is 4.56. The minimum Gasteiger partial charge on any atom is -0.501 e. The van der Waals surface area contributed by atoms with Crippen LogP contribution >= 0.6 is 23.5 Å². The molecule has 1 atom stereocenters. The summed E-state index contributed by atoms with van der Waals surface area (Å²) >= 11 is 4.23. The SMILES string of the molecule is C(OCCC1CSCCS1)=C1CCCCC1. The molecule has 0 radical (unpaired) electrons. The summed E-state index contributed by atoms with van der Waals surface area (Å²) in [6.07, 6.45) is 9.96. The molecule has 2 aliphatic rings. The van der Waals surface area contributed by atoms with E-state index in [1.165, 1.54) is 61.4 Å². The van der Waals surface area contributed by atoms with Gasteiger partial charge in [0.1, 0.15) is 0 Å². The lowest BCUT2D eigenvalue weighted by atomic mass is 9.96. The van der Waals surface area contributed by atoms with Crippen molar-refractivity contribution in [3.63, 3.8) is 0 Å². The normalized spacial score (nSPS) is 26.5. The van der Waals surface area contributed by atoms with Crippen LogP contribution < -0.4 is 0 Å². The Morgan fingerprint density at radius 3 is 2.81 bits per heavy atom. The maximum absolute atomic E-state index is 5.69. The Kier molecular flexibility index (Phi) is 5.98. The summed E-state index contributed by atoms with van der Waals surface area (Å²) in [5.41, 5.74) is 1.54. The minimum atomic E-state index is 0.837. The van der Waals surface area contributed by atoms with Crippen molar-refractivity contribution in [2.45, 2.75) is 43.8 Å². The number of hydrogen-bond acceptors (Lipinski definition) is 3. The first-order chi connectivity index (χ1) is 7.95. The lowest BCUT2D eigenvalue weighted by molar-refractivity contribution is 0.239. The summed E-state index contributed by atoms with van der Waals surface area (Å²) in [4.78, 5) is 0. The Morgan fingerprint density at radius 2 is 2.06 bits per heavy atom. The molecule has 0 aromatic heterocycles. The molecule has 1 heterocycles. The topological polar surface area (TPSA) is 9.23 Å². The summed E-state index contributed by atoms with van der Waals surface area (Å²) in [7, 11) is 0. The summed E-state index contributed by atoms with van der Waals surface area (Å²) in [6.45, 7) is 0.918. The van der Waals surface area contributed by atoms with Gasteiger partial charge in [0.25, 0.3) is 0 Å². The Labute approximate surface area is 108 Å². The lowest BCUT2D eigenvalue weighted by Crippen LogP contribution is -2.15. The van der Waals surface area contributed by atoms with E-state index < -0.39 is 0 Å². The molecule has 1 saturated carbocycles. The molecule has 0 aromatic rings. The van der Waals surface area contributed by atoms with E-state index in [-0.39, 0.29) is 0 Å². The zero-order valence-corrected chi connectivity index (χ0v) is 11.6. The van der Waals surface area contributed by atoms with Crippen molar-refractivity contribution in [2.24, 2.45) is 0 Å². The van der Waals surface area contributed by atoms with Crippen LogP contribution in [0.1, 0.15) is 38.5 Å². The van der Waals surface area contributed by atoms with Crippen LogP contribution in [0.25, 0.3) is 0 Å². The van der Waals surface area contributed by atoms with E-state index in [0.717, 1.165) is 11.9 Å². The van der Waals surface area contributed by atoms with E-state index in [1.54, 1.807) is 0 Å². The molecule has 2 rings (SSSR count). The van der Waals surface area contributed by atoms with Crippen molar-refractivity contribution >= 4 is 23.5 Å². The van der Waals surface area contributed by atoms with Crippen molar-refractivity contribution < 1.29 is 4.74 Å². The molecule has 1 unspecified atom stereocenters. The predicted octanol–water partition coefficient (Wildman–Crippen LogP) is 4.09. The molecule has 1 saturated heterocycles. The molecule has 0 amide bonds. The van der Waals surface area contributed by atoms with Crippen LogP contribution in [0.5, 0.6) is 0 Å². The van der Waals surface area contributed by atoms with E-state index in [2.05, 4.69) is 29.8 Å². The molecule has 16 heavy (non-hydrogen) atoms. The molecule has 0 aromatic carbocycles. The van der Waals surface area contributed by atoms with E-state index in [4.69, 9.17) is 4.74 Å². The number of ether oxygens (including phenoxy) is 1. The highest BCUT2D eigenvalue weighted by atomic mass is 32.2. The van der Waals surface area contributed by atoms with Gasteiger partial charge in [-0.25, -0.2) is 0 Å². The van der Waals surface area contributed by atoms with Gasteiger partial charge in [-0.2, -0.15) is 23.5 Å². The van der Waals surface area contributed by atoms with Gasteiger partial charge in [0.2, 0.25) is 0 Å². The fourth-order valence-electron chi connectivity index (χ4n) is 2.20. The third-order valence-electron chi connectivity index (χ3n) is 3.19. The van der Waals surface area contributed by atoms with Gasteiger partial charge >= 0.3 is 0 Å². The average molecular weight is 258 g/mol. The third-order valence-corrected chi connectivity index (χ3v) is 6.10. The highest BCUT2D eigenvalue weighted by Crippen LogP contribution is 2.26. The van der Waals surface area contributed by atoms with Gasteiger partial charge in [0, 0.05) is 22.5 Å². The first-order valence-electron chi connectivity index (χ1n) is 6.44. The van der Waals surface area contributed by atoms with Crippen LogP contribution in [0.4, 0.5) is 0 Å². The van der Waals surface area contributed by atoms with Crippen molar-refractivity contribution in [3.8, 4) is 0 Å². The maximum atomic E-state index is 5.69. The van der Waals surface area contributed by atoms with E-state index in [1.807, 2.05) is 0 Å². The second-order valence-corrected chi connectivity index (χ2v) is 7.12. The summed E-state index contributed by atoms with van der Waals surface area (Å²) in [6, 6.07) is 0. The zero-order chi connectivity index (χ0) is 11.1. The van der Waals surface area contributed by atoms with Gasteiger partial charge < -0.3 is 4.74 Å². The second kappa shape index (κ2) is 7.54. The quantitative estimate of drug-likeness (QED) is 0.555. The molecule has 3 heteroatoms. The number of hydrogen-bond donors (Lipinski definition) is 0. The van der Waals surface area contributed by atoms with Gasteiger partial charge in [0.05, 0.1) is 12.9 Å². The Hall–Kier alpha value is 0.240. The Morgan fingerprint density at radius 1 is 1.19 bits per heavy atom. The highest BCUT2D eigenvalue weighted by Gasteiger charge is 2.13. The molecule has 92 valence electrons. The molecule has 1 aliphatic heterocycles. The fraction of sp³-hybridized carbons (Fsp3) is 0.846. The van der Waals surface area contributed by atoms with Gasteiger partial charge in [-0.15, -0.1) is 0 Å². The number of allylic oxidation sites excluding steroid dienone is 1. The third kappa shape index (κ3) is 4.62. The molecule has 1 aliphatic carbocycles. The average Bonchev–Trinajstić information content (AvgIpc) is 2.37. The van der Waals surface area contributed by atoms with E-state index in [0.29, 0.717) is 0 Å². The van der Waals surface area contributed by atoms with Gasteiger partial charge in [-0.1, -0.05) is 6.42 Å². The number of thioether (sulfide) groups is 2. The van der Waals surface area contributed by atoms with Crippen molar-refractivity contribution in [1.82, 2.24) is 0 Å². The molecule has 2 fully saturated rings. The maximum Gasteiger partial charge on any atom is 0.0884 e. The first kappa shape index (κ1) is 12.7. The monoisotopic (exact) mass is 258 g/mol. The van der Waals surface area contributed by atoms with Crippen LogP contribution in [0.3, 0.4) is 0 Å². The summed E-state index contributed by atoms with van der Waals surface area (Å²) in [5.74, 6) is 3.99. The molecule has 0 bridgehead atoms. The van der Waals surface area contributed by atoms with Crippen LogP contribution in [0, 0.1) is 0 Å². The lowest BCUT2D eigenvalue weighted by Gasteiger charge is -2.20. The van der Waals surface area contributed by atoms with Crippen LogP contribution in [-0.2, 0) is 4.74 Å². The van der Waals surface area contributed by atoms with E-state index >= 15 is 0 Å². The Balaban J connectivity index is 1.56. The van der Waals surface area contributed by atoms with E-state index in [9.17, 15) is 0 Å². The molecule has 1 nitrogen and oxygen atoms in total. The zero-order valence-electron chi connectivity index (χ0n) is 9.95. The largest absolute Gasteiger partial charge is 0.501 e. The molecular weight excluding hydrogens is 236 g/mol.